The zero-order valence-electron chi connectivity index (χ0n) is 15.4. The minimum absolute atomic E-state index is 0.140. The number of nitrogens with one attached hydrogen (secondary N) is 1. The van der Waals surface area contributed by atoms with Crippen molar-refractivity contribution < 1.29 is 17.6 Å². The summed E-state index contributed by atoms with van der Waals surface area (Å²) < 4.78 is 38.6. The second-order valence-corrected chi connectivity index (χ2v) is 8.09. The largest absolute Gasteiger partial charge is 0.375 e. The number of nitrogens with zero attached hydrogens (tertiary/aromatic N) is 2. The molecule has 8 heteroatoms. The van der Waals surface area contributed by atoms with Gasteiger partial charge >= 0.3 is 0 Å². The Morgan fingerprint density at radius 3 is 2.33 bits per heavy atom. The third-order valence-corrected chi connectivity index (χ3v) is 5.12. The van der Waals surface area contributed by atoms with Crippen molar-refractivity contribution in [1.29, 1.82) is 0 Å². The maximum absolute atomic E-state index is 13.9. The highest BCUT2D eigenvalue weighted by atomic mass is 32.2. The molecule has 2 rings (SSSR count). The van der Waals surface area contributed by atoms with E-state index in [1.807, 2.05) is 37.4 Å². The number of hydrogen-bond acceptors (Lipinski definition) is 4. The lowest BCUT2D eigenvalue weighted by atomic mass is 10.3. The summed E-state index contributed by atoms with van der Waals surface area (Å²) >= 11 is 0. The third kappa shape index (κ3) is 6.25. The highest BCUT2D eigenvalue weighted by Gasteiger charge is 2.23. The van der Waals surface area contributed by atoms with Gasteiger partial charge in [0.1, 0.15) is 12.4 Å². The summed E-state index contributed by atoms with van der Waals surface area (Å²) in [5.74, 6) is -1.17. The van der Waals surface area contributed by atoms with Gasteiger partial charge in [0.2, 0.25) is 15.9 Å². The van der Waals surface area contributed by atoms with Crippen molar-refractivity contribution in [1.82, 2.24) is 5.32 Å². The number of anilines is 2. The van der Waals surface area contributed by atoms with Crippen molar-refractivity contribution in [3.63, 3.8) is 0 Å². The molecule has 0 radical (unpaired) electrons. The highest BCUT2D eigenvalue weighted by molar-refractivity contribution is 7.92. The average molecular weight is 393 g/mol. The quantitative estimate of drug-likeness (QED) is 0.664. The Bertz CT molecular complexity index is 860. The molecule has 27 heavy (non-hydrogen) atoms. The van der Waals surface area contributed by atoms with Gasteiger partial charge in [-0.1, -0.05) is 30.3 Å². The lowest BCUT2D eigenvalue weighted by molar-refractivity contribution is -0.119. The van der Waals surface area contributed by atoms with E-state index in [2.05, 4.69) is 10.2 Å². The molecule has 0 aromatic heterocycles. The molecule has 0 aliphatic carbocycles. The molecule has 0 atom stereocenters. The molecule has 0 heterocycles. The molecule has 0 saturated heterocycles. The Hall–Kier alpha value is -2.61. The van der Waals surface area contributed by atoms with E-state index in [1.54, 1.807) is 0 Å². The van der Waals surface area contributed by atoms with Crippen molar-refractivity contribution in [2.24, 2.45) is 0 Å². The molecule has 0 spiro atoms. The minimum Gasteiger partial charge on any atom is -0.375 e. The van der Waals surface area contributed by atoms with Gasteiger partial charge in [0, 0.05) is 25.8 Å². The van der Waals surface area contributed by atoms with Gasteiger partial charge < -0.3 is 10.2 Å². The summed E-state index contributed by atoms with van der Waals surface area (Å²) in [6, 6.07) is 15.3. The number of para-hydroxylation sites is 2. The van der Waals surface area contributed by atoms with Crippen LogP contribution in [0.5, 0.6) is 0 Å². The smallest absolute Gasteiger partial charge is 0.240 e. The van der Waals surface area contributed by atoms with Crippen LogP contribution in [0.2, 0.25) is 0 Å². The van der Waals surface area contributed by atoms with E-state index in [4.69, 9.17) is 0 Å². The van der Waals surface area contributed by atoms with Gasteiger partial charge in [0.15, 0.2) is 0 Å². The molecule has 0 fully saturated rings. The van der Waals surface area contributed by atoms with Crippen LogP contribution in [0.25, 0.3) is 0 Å². The number of sulfonamides is 1. The first-order chi connectivity index (χ1) is 12.8. The first-order valence-electron chi connectivity index (χ1n) is 8.54. The van der Waals surface area contributed by atoms with Gasteiger partial charge in [-0.3, -0.25) is 9.10 Å². The summed E-state index contributed by atoms with van der Waals surface area (Å²) in [7, 11) is -1.83. The van der Waals surface area contributed by atoms with Gasteiger partial charge in [-0.2, -0.15) is 0 Å². The van der Waals surface area contributed by atoms with E-state index in [9.17, 15) is 17.6 Å². The van der Waals surface area contributed by atoms with Crippen LogP contribution < -0.4 is 14.5 Å². The summed E-state index contributed by atoms with van der Waals surface area (Å²) in [5.41, 5.74) is 0.936. The lowest BCUT2D eigenvalue weighted by Gasteiger charge is -2.22. The van der Waals surface area contributed by atoms with E-state index in [0.29, 0.717) is 13.0 Å². The Morgan fingerprint density at radius 2 is 1.70 bits per heavy atom. The Kier molecular flexibility index (Phi) is 7.18. The van der Waals surface area contributed by atoms with Crippen molar-refractivity contribution in [2.75, 3.05) is 42.1 Å². The Balaban J connectivity index is 1.87. The van der Waals surface area contributed by atoms with Crippen molar-refractivity contribution in [2.45, 2.75) is 6.42 Å². The maximum atomic E-state index is 13.9. The van der Waals surface area contributed by atoms with E-state index >= 15 is 0 Å². The van der Waals surface area contributed by atoms with Gasteiger partial charge in [-0.15, -0.1) is 0 Å². The second-order valence-electron chi connectivity index (χ2n) is 6.18. The lowest BCUT2D eigenvalue weighted by Crippen LogP contribution is -2.41. The molecule has 0 saturated carbocycles. The van der Waals surface area contributed by atoms with Crippen LogP contribution in [-0.2, 0) is 14.8 Å². The monoisotopic (exact) mass is 393 g/mol. The fourth-order valence-corrected chi connectivity index (χ4v) is 3.43. The molecule has 1 N–H and O–H groups in total. The maximum Gasteiger partial charge on any atom is 0.240 e. The van der Waals surface area contributed by atoms with Crippen molar-refractivity contribution in [3.8, 4) is 0 Å². The predicted octanol–water partition coefficient (Wildman–Crippen LogP) is 2.23. The molecule has 6 nitrogen and oxygen atoms in total. The molecular formula is C19H24FN3O3S. The summed E-state index contributed by atoms with van der Waals surface area (Å²) in [6.07, 6.45) is 1.64. The number of halogens is 1. The van der Waals surface area contributed by atoms with Gasteiger partial charge in [-0.05, 0) is 30.7 Å². The molecule has 0 aliphatic rings. The minimum atomic E-state index is -3.79. The van der Waals surface area contributed by atoms with E-state index in [-0.39, 0.29) is 5.69 Å². The van der Waals surface area contributed by atoms with Crippen LogP contribution in [0.4, 0.5) is 15.8 Å². The van der Waals surface area contributed by atoms with Crippen LogP contribution >= 0.6 is 0 Å². The Morgan fingerprint density at radius 1 is 1.07 bits per heavy atom. The van der Waals surface area contributed by atoms with E-state index < -0.39 is 28.3 Å². The Labute approximate surface area is 159 Å². The van der Waals surface area contributed by atoms with Crippen LogP contribution in [-0.4, -0.2) is 47.3 Å². The summed E-state index contributed by atoms with van der Waals surface area (Å²) in [4.78, 5) is 14.2. The zero-order chi connectivity index (χ0) is 19.9. The second kappa shape index (κ2) is 9.36. The summed E-state index contributed by atoms with van der Waals surface area (Å²) in [5, 5.41) is 2.69. The fourth-order valence-electron chi connectivity index (χ4n) is 2.58. The van der Waals surface area contributed by atoms with E-state index in [0.717, 1.165) is 28.9 Å². The third-order valence-electron chi connectivity index (χ3n) is 4.00. The molecule has 0 unspecified atom stereocenters. The molecule has 0 bridgehead atoms. The molecule has 1 amide bonds. The topological polar surface area (TPSA) is 69.7 Å². The van der Waals surface area contributed by atoms with Crippen LogP contribution in [0.3, 0.4) is 0 Å². The average Bonchev–Trinajstić information content (AvgIpc) is 2.63. The summed E-state index contributed by atoms with van der Waals surface area (Å²) in [6.45, 7) is 0.659. The van der Waals surface area contributed by atoms with E-state index in [1.165, 1.54) is 18.2 Å². The predicted molar refractivity (Wildman–Crippen MR) is 106 cm³/mol. The molecule has 0 aliphatic heterocycles. The molecule has 146 valence electrons. The standard InChI is InChI=1S/C19H24FN3O3S/c1-22(16-9-4-3-5-10-16)14-8-13-21-19(24)15-23(27(2,25)26)18-12-7-6-11-17(18)20/h3-7,9-12H,8,13-15H2,1-2H3,(H,21,24). The van der Waals surface area contributed by atoms with Gasteiger partial charge in [0.05, 0.1) is 11.9 Å². The van der Waals surface area contributed by atoms with Crippen LogP contribution in [0, 0.1) is 5.82 Å². The number of carbonyl (C=O) groups excluding carboxylic acids is 1. The van der Waals surface area contributed by atoms with Crippen LogP contribution in [0.1, 0.15) is 6.42 Å². The highest BCUT2D eigenvalue weighted by Crippen LogP contribution is 2.20. The number of rotatable bonds is 9. The molecule has 2 aromatic carbocycles. The number of hydrogen-bond donors (Lipinski definition) is 1. The van der Waals surface area contributed by atoms with Gasteiger partial charge in [0.25, 0.3) is 0 Å². The first-order valence-corrected chi connectivity index (χ1v) is 10.4. The van der Waals surface area contributed by atoms with Crippen molar-refractivity contribution >= 4 is 27.3 Å². The number of amides is 1. The fraction of sp³-hybridized carbons (Fsp3) is 0.316. The number of carbonyl (C=O) groups is 1. The van der Waals surface area contributed by atoms with Crippen molar-refractivity contribution in [3.05, 3.63) is 60.4 Å². The number of benzene rings is 2. The van der Waals surface area contributed by atoms with Crippen LogP contribution in [0.15, 0.2) is 54.6 Å². The zero-order valence-corrected chi connectivity index (χ0v) is 16.2. The molecule has 2 aromatic rings. The normalized spacial score (nSPS) is 11.1. The SMILES string of the molecule is CN(CCCNC(=O)CN(c1ccccc1F)S(C)(=O)=O)c1ccccc1. The van der Waals surface area contributed by atoms with Gasteiger partial charge in [-0.25, -0.2) is 12.8 Å². The molecular weight excluding hydrogens is 369 g/mol. The first kappa shape index (κ1) is 20.7.